The minimum absolute atomic E-state index is 0.976. The topological polar surface area (TPSA) is 24.9 Å². The number of hydrogen-bond donors (Lipinski definition) is 1. The molecule has 0 amide bonds. The fraction of sp³-hybridized carbons (Fsp3) is 0.250. The maximum atomic E-state index is 4.41. The van der Waals surface area contributed by atoms with E-state index in [1.54, 1.807) is 11.3 Å². The molecule has 0 radical (unpaired) electrons. The predicted octanol–water partition coefficient (Wildman–Crippen LogP) is 2.57. The Hall–Kier alpha value is -1.19. The highest BCUT2D eigenvalue weighted by Gasteiger charge is 2.06. The molecule has 0 spiro atoms. The summed E-state index contributed by atoms with van der Waals surface area (Å²) < 4.78 is 0. The van der Waals surface area contributed by atoms with Crippen LogP contribution in [0.1, 0.15) is 5.69 Å². The van der Waals surface area contributed by atoms with Crippen LogP contribution in [0.25, 0.3) is 10.4 Å². The molecule has 0 unspecified atom stereocenters. The van der Waals surface area contributed by atoms with Gasteiger partial charge in [-0.1, -0.05) is 30.3 Å². The standard InChI is InChI=1S/C12H14N2S/c1-13-8-7-11-12(15-9-14-11)10-5-3-2-4-6-10/h2-6,9,13H,7-8H2,1H3. The van der Waals surface area contributed by atoms with Gasteiger partial charge in [-0.3, -0.25) is 0 Å². The molecule has 1 aromatic heterocycles. The van der Waals surface area contributed by atoms with Crippen LogP contribution >= 0.6 is 11.3 Å². The van der Waals surface area contributed by atoms with Crippen molar-refractivity contribution in [3.63, 3.8) is 0 Å². The number of benzene rings is 1. The second-order valence-electron chi connectivity index (χ2n) is 3.35. The van der Waals surface area contributed by atoms with Gasteiger partial charge in [0.15, 0.2) is 0 Å². The van der Waals surface area contributed by atoms with Gasteiger partial charge in [0.25, 0.3) is 0 Å². The van der Waals surface area contributed by atoms with Crippen molar-refractivity contribution in [2.75, 3.05) is 13.6 Å². The van der Waals surface area contributed by atoms with E-state index < -0.39 is 0 Å². The number of rotatable bonds is 4. The van der Waals surface area contributed by atoms with Crippen molar-refractivity contribution >= 4 is 11.3 Å². The van der Waals surface area contributed by atoms with Crippen LogP contribution in [0.15, 0.2) is 35.8 Å². The van der Waals surface area contributed by atoms with Crippen LogP contribution in [-0.2, 0) is 6.42 Å². The highest BCUT2D eigenvalue weighted by atomic mass is 32.1. The summed E-state index contributed by atoms with van der Waals surface area (Å²) in [6.07, 6.45) is 0.990. The van der Waals surface area contributed by atoms with E-state index in [2.05, 4.69) is 34.6 Å². The van der Waals surface area contributed by atoms with Crippen LogP contribution in [0, 0.1) is 0 Å². The van der Waals surface area contributed by atoms with E-state index >= 15 is 0 Å². The maximum Gasteiger partial charge on any atom is 0.0801 e. The van der Waals surface area contributed by atoms with Gasteiger partial charge in [0, 0.05) is 13.0 Å². The summed E-state index contributed by atoms with van der Waals surface area (Å²) in [5.41, 5.74) is 4.39. The van der Waals surface area contributed by atoms with Crippen molar-refractivity contribution in [1.29, 1.82) is 0 Å². The summed E-state index contributed by atoms with van der Waals surface area (Å²) in [4.78, 5) is 5.71. The normalized spacial score (nSPS) is 10.5. The van der Waals surface area contributed by atoms with Crippen molar-refractivity contribution in [1.82, 2.24) is 10.3 Å². The van der Waals surface area contributed by atoms with Crippen LogP contribution < -0.4 is 5.32 Å². The Morgan fingerprint density at radius 3 is 2.80 bits per heavy atom. The SMILES string of the molecule is CNCCc1ncsc1-c1ccccc1. The van der Waals surface area contributed by atoms with Gasteiger partial charge in [-0.2, -0.15) is 0 Å². The Morgan fingerprint density at radius 2 is 2.07 bits per heavy atom. The van der Waals surface area contributed by atoms with Crippen LogP contribution in [0.3, 0.4) is 0 Å². The molecule has 2 aromatic rings. The van der Waals surface area contributed by atoms with E-state index in [-0.39, 0.29) is 0 Å². The van der Waals surface area contributed by atoms with Crippen molar-refractivity contribution in [3.8, 4) is 10.4 Å². The Kier molecular flexibility index (Phi) is 3.48. The molecule has 0 fully saturated rings. The molecule has 15 heavy (non-hydrogen) atoms. The molecule has 1 aromatic carbocycles. The average Bonchev–Trinajstić information content (AvgIpc) is 2.75. The van der Waals surface area contributed by atoms with E-state index in [0.29, 0.717) is 0 Å². The lowest BCUT2D eigenvalue weighted by Gasteiger charge is -2.01. The molecule has 1 N–H and O–H groups in total. The van der Waals surface area contributed by atoms with Gasteiger partial charge < -0.3 is 5.32 Å². The number of thiazole rings is 1. The third-order valence-electron chi connectivity index (χ3n) is 2.29. The first-order valence-corrected chi connectivity index (χ1v) is 5.92. The van der Waals surface area contributed by atoms with Crippen LogP contribution in [0.4, 0.5) is 0 Å². The molecule has 2 nitrogen and oxygen atoms in total. The van der Waals surface area contributed by atoms with Gasteiger partial charge in [0.2, 0.25) is 0 Å². The Labute approximate surface area is 94.0 Å². The van der Waals surface area contributed by atoms with E-state index in [1.807, 2.05) is 18.6 Å². The van der Waals surface area contributed by atoms with Crippen LogP contribution in [-0.4, -0.2) is 18.6 Å². The molecule has 0 bridgehead atoms. The van der Waals surface area contributed by atoms with Gasteiger partial charge in [-0.25, -0.2) is 4.98 Å². The summed E-state index contributed by atoms with van der Waals surface area (Å²) in [5.74, 6) is 0. The van der Waals surface area contributed by atoms with Gasteiger partial charge in [0.1, 0.15) is 0 Å². The van der Waals surface area contributed by atoms with Crippen molar-refractivity contribution in [2.45, 2.75) is 6.42 Å². The maximum absolute atomic E-state index is 4.41. The molecule has 0 aliphatic carbocycles. The van der Waals surface area contributed by atoms with Gasteiger partial charge in [0.05, 0.1) is 16.1 Å². The zero-order valence-corrected chi connectivity index (χ0v) is 9.55. The lowest BCUT2D eigenvalue weighted by molar-refractivity contribution is 0.781. The minimum atomic E-state index is 0.976. The molecule has 0 aliphatic rings. The van der Waals surface area contributed by atoms with E-state index in [1.165, 1.54) is 16.1 Å². The molecule has 0 saturated carbocycles. The smallest absolute Gasteiger partial charge is 0.0801 e. The number of nitrogens with one attached hydrogen (secondary N) is 1. The van der Waals surface area contributed by atoms with Crippen molar-refractivity contribution in [2.24, 2.45) is 0 Å². The lowest BCUT2D eigenvalue weighted by atomic mass is 10.1. The lowest BCUT2D eigenvalue weighted by Crippen LogP contribution is -2.10. The van der Waals surface area contributed by atoms with E-state index in [0.717, 1.165) is 13.0 Å². The number of aromatic nitrogens is 1. The van der Waals surface area contributed by atoms with Crippen LogP contribution in [0.2, 0.25) is 0 Å². The second-order valence-corrected chi connectivity index (χ2v) is 4.20. The summed E-state index contributed by atoms with van der Waals surface area (Å²) in [7, 11) is 1.97. The zero-order chi connectivity index (χ0) is 10.5. The summed E-state index contributed by atoms with van der Waals surface area (Å²) in [6.45, 7) is 0.976. The second kappa shape index (κ2) is 5.05. The minimum Gasteiger partial charge on any atom is -0.319 e. The fourth-order valence-electron chi connectivity index (χ4n) is 1.51. The molecule has 3 heteroatoms. The van der Waals surface area contributed by atoms with Crippen molar-refractivity contribution < 1.29 is 0 Å². The van der Waals surface area contributed by atoms with Gasteiger partial charge in [-0.05, 0) is 12.6 Å². The predicted molar refractivity (Wildman–Crippen MR) is 65.2 cm³/mol. The molecular weight excluding hydrogens is 204 g/mol. The summed E-state index contributed by atoms with van der Waals surface area (Å²) in [6, 6.07) is 10.4. The first-order valence-electron chi connectivity index (χ1n) is 5.04. The van der Waals surface area contributed by atoms with Gasteiger partial charge in [-0.15, -0.1) is 11.3 Å². The third-order valence-corrected chi connectivity index (χ3v) is 3.21. The van der Waals surface area contributed by atoms with Crippen molar-refractivity contribution in [3.05, 3.63) is 41.5 Å². The van der Waals surface area contributed by atoms with E-state index in [4.69, 9.17) is 0 Å². The number of likely N-dealkylation sites (N-methyl/N-ethyl adjacent to an activating group) is 1. The highest BCUT2D eigenvalue weighted by Crippen LogP contribution is 2.27. The quantitative estimate of drug-likeness (QED) is 0.853. The van der Waals surface area contributed by atoms with Gasteiger partial charge >= 0.3 is 0 Å². The molecular formula is C12H14N2S. The Balaban J connectivity index is 2.25. The first-order chi connectivity index (χ1) is 7.42. The molecule has 2 rings (SSSR count). The summed E-state index contributed by atoms with van der Waals surface area (Å²) in [5, 5.41) is 3.15. The molecule has 0 atom stereocenters. The molecule has 1 heterocycles. The Morgan fingerprint density at radius 1 is 1.27 bits per heavy atom. The average molecular weight is 218 g/mol. The zero-order valence-electron chi connectivity index (χ0n) is 8.73. The van der Waals surface area contributed by atoms with E-state index in [9.17, 15) is 0 Å². The fourth-order valence-corrected chi connectivity index (χ4v) is 2.36. The third kappa shape index (κ3) is 2.43. The molecule has 78 valence electrons. The largest absolute Gasteiger partial charge is 0.319 e. The summed E-state index contributed by atoms with van der Waals surface area (Å²) >= 11 is 1.71. The number of hydrogen-bond acceptors (Lipinski definition) is 3. The highest BCUT2D eigenvalue weighted by molar-refractivity contribution is 7.13. The van der Waals surface area contributed by atoms with Crippen LogP contribution in [0.5, 0.6) is 0 Å². The first kappa shape index (κ1) is 10.3. The monoisotopic (exact) mass is 218 g/mol. The molecule has 0 saturated heterocycles. The number of nitrogens with zero attached hydrogens (tertiary/aromatic N) is 1. The Bertz CT molecular complexity index is 409. The molecule has 0 aliphatic heterocycles.